The number of aliphatic hydroxyl groups excluding tert-OH is 1. The first kappa shape index (κ1) is 13.0. The van der Waals surface area contributed by atoms with Crippen molar-refractivity contribution in [2.45, 2.75) is 39.8 Å². The molecule has 1 aliphatic heterocycles. The van der Waals surface area contributed by atoms with E-state index in [9.17, 15) is 14.7 Å². The van der Waals surface area contributed by atoms with E-state index in [1.54, 1.807) is 13.8 Å². The second-order valence-electron chi connectivity index (χ2n) is 4.79. The number of rotatable bonds is 3. The van der Waals surface area contributed by atoms with Gasteiger partial charge in [0.1, 0.15) is 12.7 Å². The second kappa shape index (κ2) is 4.82. The van der Waals surface area contributed by atoms with Gasteiger partial charge in [-0.15, -0.1) is 0 Å². The number of imide groups is 1. The summed E-state index contributed by atoms with van der Waals surface area (Å²) in [7, 11) is 0. The van der Waals surface area contributed by atoms with Gasteiger partial charge in [0.05, 0.1) is 6.04 Å². The van der Waals surface area contributed by atoms with E-state index >= 15 is 0 Å². The summed E-state index contributed by atoms with van der Waals surface area (Å²) in [6.07, 6.45) is -1.80. The van der Waals surface area contributed by atoms with Crippen LogP contribution in [0, 0.1) is 11.8 Å². The Morgan fingerprint density at radius 2 is 2.00 bits per heavy atom. The zero-order valence-electron chi connectivity index (χ0n) is 10.1. The van der Waals surface area contributed by atoms with E-state index in [-0.39, 0.29) is 24.5 Å². The molecule has 1 aliphatic rings. The quantitative estimate of drug-likeness (QED) is 0.784. The largest absolute Gasteiger partial charge is 0.447 e. The van der Waals surface area contributed by atoms with E-state index in [2.05, 4.69) is 0 Å². The van der Waals surface area contributed by atoms with Crippen LogP contribution in [0.15, 0.2) is 0 Å². The Hall–Kier alpha value is -1.10. The van der Waals surface area contributed by atoms with Crippen LogP contribution >= 0.6 is 0 Å². The maximum Gasteiger partial charge on any atom is 0.417 e. The lowest BCUT2D eigenvalue weighted by atomic mass is 10.0. The maximum absolute atomic E-state index is 11.9. The molecule has 2 amide bonds. The molecule has 16 heavy (non-hydrogen) atoms. The molecule has 2 atom stereocenters. The van der Waals surface area contributed by atoms with E-state index in [0.717, 1.165) is 4.90 Å². The van der Waals surface area contributed by atoms with Crippen LogP contribution in [0.3, 0.4) is 0 Å². The lowest BCUT2D eigenvalue weighted by molar-refractivity contribution is -0.140. The van der Waals surface area contributed by atoms with Crippen LogP contribution in [0.4, 0.5) is 4.79 Å². The van der Waals surface area contributed by atoms with Gasteiger partial charge in [-0.05, 0) is 11.8 Å². The summed E-state index contributed by atoms with van der Waals surface area (Å²) in [6.45, 7) is 7.50. The molecule has 0 unspecified atom stereocenters. The van der Waals surface area contributed by atoms with Crippen LogP contribution in [0.5, 0.6) is 0 Å². The number of ether oxygens (including phenoxy) is 1. The number of carbonyl (C=O) groups excluding carboxylic acids is 2. The Morgan fingerprint density at radius 3 is 2.44 bits per heavy atom. The van der Waals surface area contributed by atoms with Gasteiger partial charge in [-0.1, -0.05) is 27.7 Å². The molecule has 92 valence electrons. The van der Waals surface area contributed by atoms with Crippen LogP contribution in [0.1, 0.15) is 27.7 Å². The van der Waals surface area contributed by atoms with Crippen molar-refractivity contribution >= 4 is 12.0 Å². The molecule has 5 nitrogen and oxygen atoms in total. The molecule has 0 aliphatic carbocycles. The predicted octanol–water partition coefficient (Wildman–Crippen LogP) is 1.01. The minimum atomic E-state index is -1.15. The first-order valence-corrected chi connectivity index (χ1v) is 5.54. The van der Waals surface area contributed by atoms with Crippen LogP contribution < -0.4 is 0 Å². The summed E-state index contributed by atoms with van der Waals surface area (Å²) in [4.78, 5) is 24.4. The number of aliphatic hydroxyl groups is 1. The van der Waals surface area contributed by atoms with Crippen molar-refractivity contribution in [2.24, 2.45) is 11.8 Å². The maximum atomic E-state index is 11.9. The van der Waals surface area contributed by atoms with Crippen molar-refractivity contribution < 1.29 is 19.4 Å². The molecule has 0 spiro atoms. The molecule has 0 aromatic carbocycles. The molecule has 0 bridgehead atoms. The Bertz CT molecular complexity index is 288. The summed E-state index contributed by atoms with van der Waals surface area (Å²) in [5.74, 6) is -0.653. The highest BCUT2D eigenvalue weighted by atomic mass is 16.6. The topological polar surface area (TPSA) is 66.8 Å². The minimum absolute atomic E-state index is 0.120. The lowest BCUT2D eigenvalue weighted by Crippen LogP contribution is -2.48. The van der Waals surface area contributed by atoms with Crippen molar-refractivity contribution in [2.75, 3.05) is 6.61 Å². The second-order valence-corrected chi connectivity index (χ2v) is 4.79. The summed E-state index contributed by atoms with van der Waals surface area (Å²) >= 11 is 0. The molecule has 5 heteroatoms. The van der Waals surface area contributed by atoms with E-state index in [0.29, 0.717) is 0 Å². The number of cyclic esters (lactones) is 1. The van der Waals surface area contributed by atoms with Crippen LogP contribution in [-0.2, 0) is 9.53 Å². The van der Waals surface area contributed by atoms with E-state index in [1.807, 2.05) is 13.8 Å². The molecule has 0 radical (unpaired) electrons. The standard InChI is InChI=1S/C11H19NO4/c1-6(2)8-5-16-11(15)12(8)10(14)9(13)7(3)4/h6-9,13H,5H2,1-4H3/t8-,9-/m1/s1. The molecular weight excluding hydrogens is 210 g/mol. The highest BCUT2D eigenvalue weighted by molar-refractivity contribution is 5.95. The minimum Gasteiger partial charge on any atom is -0.447 e. The third kappa shape index (κ3) is 2.35. The van der Waals surface area contributed by atoms with Gasteiger partial charge in [0, 0.05) is 0 Å². The van der Waals surface area contributed by atoms with Crippen molar-refractivity contribution in [3.8, 4) is 0 Å². The number of amides is 2. The molecule has 1 rings (SSSR count). The highest BCUT2D eigenvalue weighted by Gasteiger charge is 2.42. The van der Waals surface area contributed by atoms with Crippen molar-refractivity contribution in [3.05, 3.63) is 0 Å². The van der Waals surface area contributed by atoms with Crippen molar-refractivity contribution in [1.82, 2.24) is 4.90 Å². The average molecular weight is 229 g/mol. The van der Waals surface area contributed by atoms with Gasteiger partial charge in [-0.2, -0.15) is 0 Å². The van der Waals surface area contributed by atoms with Crippen molar-refractivity contribution in [1.29, 1.82) is 0 Å². The Morgan fingerprint density at radius 1 is 1.44 bits per heavy atom. The Labute approximate surface area is 95.4 Å². The average Bonchev–Trinajstić information content (AvgIpc) is 2.57. The molecule has 1 heterocycles. The first-order chi connectivity index (χ1) is 7.36. The normalized spacial score (nSPS) is 22.8. The fourth-order valence-electron chi connectivity index (χ4n) is 1.61. The fraction of sp³-hybridized carbons (Fsp3) is 0.818. The van der Waals surface area contributed by atoms with Crippen LogP contribution in [0.25, 0.3) is 0 Å². The fourth-order valence-corrected chi connectivity index (χ4v) is 1.61. The van der Waals surface area contributed by atoms with E-state index in [1.165, 1.54) is 0 Å². The summed E-state index contributed by atoms with van der Waals surface area (Å²) in [6, 6.07) is -0.270. The van der Waals surface area contributed by atoms with Gasteiger partial charge in [-0.3, -0.25) is 4.79 Å². The SMILES string of the molecule is CC(C)[C@H]1COC(=O)N1C(=O)[C@H](O)C(C)C. The molecular formula is C11H19NO4. The highest BCUT2D eigenvalue weighted by Crippen LogP contribution is 2.21. The van der Waals surface area contributed by atoms with Crippen LogP contribution in [-0.4, -0.2) is 40.8 Å². The molecule has 0 saturated carbocycles. The smallest absolute Gasteiger partial charge is 0.417 e. The molecule has 0 aromatic rings. The molecule has 0 aromatic heterocycles. The number of hydrogen-bond donors (Lipinski definition) is 1. The number of nitrogens with zero attached hydrogens (tertiary/aromatic N) is 1. The van der Waals surface area contributed by atoms with Gasteiger partial charge in [0.25, 0.3) is 5.91 Å². The van der Waals surface area contributed by atoms with Gasteiger partial charge in [0.15, 0.2) is 0 Å². The molecule has 1 N–H and O–H groups in total. The van der Waals surface area contributed by atoms with E-state index in [4.69, 9.17) is 4.74 Å². The van der Waals surface area contributed by atoms with Gasteiger partial charge < -0.3 is 9.84 Å². The van der Waals surface area contributed by atoms with Gasteiger partial charge in [0.2, 0.25) is 0 Å². The number of carbonyl (C=O) groups is 2. The van der Waals surface area contributed by atoms with Crippen LogP contribution in [0.2, 0.25) is 0 Å². The van der Waals surface area contributed by atoms with Gasteiger partial charge >= 0.3 is 6.09 Å². The molecule has 1 saturated heterocycles. The summed E-state index contributed by atoms with van der Waals surface area (Å²) in [5.41, 5.74) is 0. The Kier molecular flexibility index (Phi) is 3.91. The summed E-state index contributed by atoms with van der Waals surface area (Å²) in [5, 5.41) is 9.67. The summed E-state index contributed by atoms with van der Waals surface area (Å²) < 4.78 is 4.85. The van der Waals surface area contributed by atoms with Gasteiger partial charge in [-0.25, -0.2) is 9.69 Å². The zero-order chi connectivity index (χ0) is 12.5. The predicted molar refractivity (Wildman–Crippen MR) is 57.7 cm³/mol. The first-order valence-electron chi connectivity index (χ1n) is 5.54. The third-order valence-corrected chi connectivity index (χ3v) is 2.80. The molecule has 1 fully saturated rings. The third-order valence-electron chi connectivity index (χ3n) is 2.80. The zero-order valence-corrected chi connectivity index (χ0v) is 10.1. The number of hydrogen-bond acceptors (Lipinski definition) is 4. The van der Waals surface area contributed by atoms with E-state index < -0.39 is 18.1 Å². The lowest BCUT2D eigenvalue weighted by Gasteiger charge is -2.25. The monoisotopic (exact) mass is 229 g/mol. The Balaban J connectivity index is 2.83. The van der Waals surface area contributed by atoms with Crippen molar-refractivity contribution in [3.63, 3.8) is 0 Å².